The van der Waals surface area contributed by atoms with E-state index in [1.807, 2.05) is 18.2 Å². The van der Waals surface area contributed by atoms with Gasteiger partial charge in [0.15, 0.2) is 0 Å². The average molecular weight is 438 g/mol. The first-order valence-electron chi connectivity index (χ1n) is 11.1. The Hall–Kier alpha value is -3.22. The third kappa shape index (κ3) is 4.82. The molecule has 2 aromatic rings. The maximum Gasteiger partial charge on any atom is 0.227 e. The van der Waals surface area contributed by atoms with Gasteiger partial charge in [0, 0.05) is 39.6 Å². The van der Waals surface area contributed by atoms with Crippen molar-refractivity contribution >= 4 is 17.7 Å². The van der Waals surface area contributed by atoms with Crippen molar-refractivity contribution in [2.45, 2.75) is 32.2 Å². The van der Waals surface area contributed by atoms with Crippen LogP contribution < -0.4 is 0 Å². The molecule has 0 spiro atoms. The molecule has 1 fully saturated rings. The second-order valence-corrected chi connectivity index (χ2v) is 8.45. The summed E-state index contributed by atoms with van der Waals surface area (Å²) in [5.41, 5.74) is 3.02. The van der Waals surface area contributed by atoms with E-state index >= 15 is 0 Å². The summed E-state index contributed by atoms with van der Waals surface area (Å²) in [6, 6.07) is 13.7. The summed E-state index contributed by atoms with van der Waals surface area (Å²) < 4.78 is 13.1. The first-order valence-corrected chi connectivity index (χ1v) is 11.1. The molecule has 0 bridgehead atoms. The van der Waals surface area contributed by atoms with Crippen LogP contribution >= 0.6 is 0 Å². The van der Waals surface area contributed by atoms with Gasteiger partial charge >= 0.3 is 0 Å². The molecule has 0 aliphatic carbocycles. The number of benzene rings is 2. The van der Waals surface area contributed by atoms with Gasteiger partial charge in [-0.25, -0.2) is 4.39 Å². The lowest BCUT2D eigenvalue weighted by Crippen LogP contribution is -2.51. The molecule has 0 aromatic heterocycles. The van der Waals surface area contributed by atoms with Crippen molar-refractivity contribution in [3.8, 4) is 0 Å². The summed E-state index contributed by atoms with van der Waals surface area (Å²) in [6.07, 6.45) is 1.27. The molecule has 7 heteroatoms. The molecule has 2 aromatic carbocycles. The Morgan fingerprint density at radius 2 is 1.50 bits per heavy atom. The lowest BCUT2D eigenvalue weighted by molar-refractivity contribution is -0.141. The van der Waals surface area contributed by atoms with Crippen molar-refractivity contribution in [1.29, 1.82) is 0 Å². The fourth-order valence-corrected chi connectivity index (χ4v) is 4.64. The minimum Gasteiger partial charge on any atom is -0.339 e. The molecule has 4 rings (SSSR count). The highest BCUT2D eigenvalue weighted by molar-refractivity contribution is 5.81. The van der Waals surface area contributed by atoms with E-state index in [0.717, 1.165) is 17.5 Å². The van der Waals surface area contributed by atoms with Gasteiger partial charge in [-0.1, -0.05) is 36.4 Å². The van der Waals surface area contributed by atoms with E-state index in [2.05, 4.69) is 6.07 Å². The maximum absolute atomic E-state index is 13.1. The van der Waals surface area contributed by atoms with Crippen molar-refractivity contribution in [1.82, 2.24) is 14.7 Å². The third-order valence-corrected chi connectivity index (χ3v) is 6.44. The fourth-order valence-electron chi connectivity index (χ4n) is 4.64. The molecule has 168 valence electrons. The SMILES string of the molecule is CC(=O)N1CCc2ccccc2C1CC(=O)N1CCN(C(=O)Cc2ccc(F)cc2)CC1. The summed E-state index contributed by atoms with van der Waals surface area (Å²) in [5, 5.41) is 0. The van der Waals surface area contributed by atoms with Gasteiger partial charge in [0.05, 0.1) is 18.9 Å². The van der Waals surface area contributed by atoms with Crippen LogP contribution in [0.5, 0.6) is 0 Å². The number of rotatable bonds is 4. The van der Waals surface area contributed by atoms with Crippen molar-refractivity contribution in [2.24, 2.45) is 0 Å². The lowest BCUT2D eigenvalue weighted by atomic mass is 9.90. The standard InChI is InChI=1S/C25H28FN3O3/c1-18(30)29-11-10-20-4-2-3-5-22(20)23(29)17-25(32)28-14-12-27(13-15-28)24(31)16-19-6-8-21(26)9-7-19/h2-9,23H,10-17H2,1H3. The van der Waals surface area contributed by atoms with Crippen LogP contribution in [0, 0.1) is 5.82 Å². The topological polar surface area (TPSA) is 60.9 Å². The van der Waals surface area contributed by atoms with Gasteiger partial charge in [0.1, 0.15) is 5.82 Å². The van der Waals surface area contributed by atoms with Crippen molar-refractivity contribution in [2.75, 3.05) is 32.7 Å². The molecule has 0 radical (unpaired) electrons. The second kappa shape index (κ2) is 9.51. The molecule has 1 unspecified atom stereocenters. The molecule has 0 saturated carbocycles. The number of carbonyl (C=O) groups is 3. The summed E-state index contributed by atoms with van der Waals surface area (Å²) in [5.74, 6) is -0.359. The molecule has 3 amide bonds. The molecule has 1 atom stereocenters. The summed E-state index contributed by atoms with van der Waals surface area (Å²) in [6.45, 7) is 4.07. The Kier molecular flexibility index (Phi) is 6.53. The maximum atomic E-state index is 13.1. The van der Waals surface area contributed by atoms with E-state index in [1.165, 1.54) is 17.7 Å². The number of amides is 3. The van der Waals surface area contributed by atoms with Crippen LogP contribution in [0.1, 0.15) is 36.1 Å². The number of piperazine rings is 1. The number of carbonyl (C=O) groups excluding carboxylic acids is 3. The van der Waals surface area contributed by atoms with Crippen LogP contribution in [0.25, 0.3) is 0 Å². The van der Waals surface area contributed by atoms with Gasteiger partial charge in [0.25, 0.3) is 0 Å². The highest BCUT2D eigenvalue weighted by atomic mass is 19.1. The number of nitrogens with zero attached hydrogens (tertiary/aromatic N) is 3. The van der Waals surface area contributed by atoms with Gasteiger partial charge in [-0.15, -0.1) is 0 Å². The predicted molar refractivity (Wildman–Crippen MR) is 118 cm³/mol. The van der Waals surface area contributed by atoms with Crippen molar-refractivity contribution in [3.63, 3.8) is 0 Å². The van der Waals surface area contributed by atoms with E-state index in [9.17, 15) is 18.8 Å². The van der Waals surface area contributed by atoms with E-state index in [-0.39, 0.29) is 42.4 Å². The van der Waals surface area contributed by atoms with Crippen molar-refractivity contribution in [3.05, 3.63) is 71.0 Å². The third-order valence-electron chi connectivity index (χ3n) is 6.44. The van der Waals surface area contributed by atoms with Gasteiger partial charge in [-0.3, -0.25) is 14.4 Å². The highest BCUT2D eigenvalue weighted by Gasteiger charge is 2.33. The van der Waals surface area contributed by atoms with Gasteiger partial charge < -0.3 is 14.7 Å². The molecule has 0 N–H and O–H groups in total. The number of fused-ring (bicyclic) bond motifs is 1. The summed E-state index contributed by atoms with van der Waals surface area (Å²) >= 11 is 0. The van der Waals surface area contributed by atoms with Crippen LogP contribution in [0.15, 0.2) is 48.5 Å². The van der Waals surface area contributed by atoms with E-state index in [1.54, 1.807) is 33.8 Å². The number of hydrogen-bond donors (Lipinski definition) is 0. The molecule has 2 aliphatic heterocycles. The minimum absolute atomic E-state index is 0.00332. The smallest absolute Gasteiger partial charge is 0.227 e. The predicted octanol–water partition coefficient (Wildman–Crippen LogP) is 2.58. The number of halogens is 1. The Morgan fingerprint density at radius 3 is 2.16 bits per heavy atom. The first-order chi connectivity index (χ1) is 15.4. The van der Waals surface area contributed by atoms with Crippen LogP contribution in [0.4, 0.5) is 4.39 Å². The summed E-state index contributed by atoms with van der Waals surface area (Å²) in [4.78, 5) is 43.2. The zero-order valence-corrected chi connectivity index (χ0v) is 18.3. The zero-order chi connectivity index (χ0) is 22.7. The quantitative estimate of drug-likeness (QED) is 0.739. The molecule has 1 saturated heterocycles. The largest absolute Gasteiger partial charge is 0.339 e. The Morgan fingerprint density at radius 1 is 0.875 bits per heavy atom. The normalized spacial score (nSPS) is 18.3. The molecular formula is C25H28FN3O3. The minimum atomic E-state index is -0.322. The van der Waals surface area contributed by atoms with Crippen LogP contribution in [0.2, 0.25) is 0 Å². The molecule has 32 heavy (non-hydrogen) atoms. The van der Waals surface area contributed by atoms with Gasteiger partial charge in [0.2, 0.25) is 17.7 Å². The molecular weight excluding hydrogens is 409 g/mol. The van der Waals surface area contributed by atoms with Crippen LogP contribution in [0.3, 0.4) is 0 Å². The van der Waals surface area contributed by atoms with E-state index in [0.29, 0.717) is 32.7 Å². The molecule has 2 aliphatic rings. The first kappa shape index (κ1) is 22.0. The second-order valence-electron chi connectivity index (χ2n) is 8.45. The number of hydrogen-bond acceptors (Lipinski definition) is 3. The van der Waals surface area contributed by atoms with Crippen molar-refractivity contribution < 1.29 is 18.8 Å². The molecule has 2 heterocycles. The van der Waals surface area contributed by atoms with E-state index in [4.69, 9.17) is 0 Å². The van der Waals surface area contributed by atoms with Gasteiger partial charge in [-0.05, 0) is 35.2 Å². The van der Waals surface area contributed by atoms with Crippen LogP contribution in [-0.4, -0.2) is 65.1 Å². The Bertz CT molecular complexity index is 1000. The monoisotopic (exact) mass is 437 g/mol. The lowest BCUT2D eigenvalue weighted by Gasteiger charge is -2.39. The zero-order valence-electron chi connectivity index (χ0n) is 18.3. The Balaban J connectivity index is 1.35. The van der Waals surface area contributed by atoms with Crippen LogP contribution in [-0.2, 0) is 27.2 Å². The fraction of sp³-hybridized carbons (Fsp3) is 0.400. The Labute approximate surface area is 187 Å². The average Bonchev–Trinajstić information content (AvgIpc) is 2.80. The highest BCUT2D eigenvalue weighted by Crippen LogP contribution is 2.32. The van der Waals surface area contributed by atoms with Gasteiger partial charge in [-0.2, -0.15) is 0 Å². The molecule has 6 nitrogen and oxygen atoms in total. The summed E-state index contributed by atoms with van der Waals surface area (Å²) in [7, 11) is 0. The van der Waals surface area contributed by atoms with E-state index < -0.39 is 0 Å².